The maximum atomic E-state index is 11.6. The summed E-state index contributed by atoms with van der Waals surface area (Å²) in [4.78, 5) is 14.1. The number of benzene rings is 1. The molecule has 0 spiro atoms. The van der Waals surface area contributed by atoms with Crippen LogP contribution in [0.25, 0.3) is 0 Å². The van der Waals surface area contributed by atoms with Crippen molar-refractivity contribution in [1.29, 1.82) is 0 Å². The van der Waals surface area contributed by atoms with Crippen LogP contribution in [-0.2, 0) is 11.2 Å². The first-order chi connectivity index (χ1) is 8.28. The molecule has 0 aliphatic carbocycles. The molecule has 1 fully saturated rings. The minimum atomic E-state index is 0.287. The van der Waals surface area contributed by atoms with Gasteiger partial charge in [0.25, 0.3) is 0 Å². The van der Waals surface area contributed by atoms with Gasteiger partial charge in [0.05, 0.1) is 7.11 Å². The van der Waals surface area contributed by atoms with Crippen molar-refractivity contribution in [3.63, 3.8) is 0 Å². The van der Waals surface area contributed by atoms with Crippen LogP contribution in [0.1, 0.15) is 30.0 Å². The molecule has 17 heavy (non-hydrogen) atoms. The van der Waals surface area contributed by atoms with Crippen LogP contribution in [-0.4, -0.2) is 30.9 Å². The summed E-state index contributed by atoms with van der Waals surface area (Å²) in [6, 6.07) is 6.55. The number of Topliss-reactive ketones (excluding diaryl/α,β-unsaturated/α-hetero) is 1. The van der Waals surface area contributed by atoms with E-state index in [1.807, 2.05) is 6.07 Å². The largest absolute Gasteiger partial charge is 0.497 e. The molecular weight excluding hydrogens is 214 g/mol. The quantitative estimate of drug-likeness (QED) is 0.740. The summed E-state index contributed by atoms with van der Waals surface area (Å²) in [6.45, 7) is 2.00. The molecule has 1 unspecified atom stereocenters. The first-order valence-electron chi connectivity index (χ1n) is 6.20. The van der Waals surface area contributed by atoms with Crippen molar-refractivity contribution in [3.05, 3.63) is 29.3 Å². The Morgan fingerprint density at radius 1 is 1.29 bits per heavy atom. The standard InChI is InChI=1S/C14H17NO2/c1-17-12-3-2-10-4-6-15-7-5-11(16)8-14(15)13(10)9-12/h2-3,9,14H,4-8H2,1H3. The van der Waals surface area contributed by atoms with Crippen molar-refractivity contribution < 1.29 is 9.53 Å². The first kappa shape index (κ1) is 10.8. The molecule has 2 aliphatic rings. The van der Waals surface area contributed by atoms with Gasteiger partial charge < -0.3 is 4.74 Å². The molecule has 1 aromatic rings. The van der Waals surface area contributed by atoms with Gasteiger partial charge in [-0.15, -0.1) is 0 Å². The molecule has 90 valence electrons. The van der Waals surface area contributed by atoms with Gasteiger partial charge in [-0.1, -0.05) is 6.07 Å². The van der Waals surface area contributed by atoms with Gasteiger partial charge in [0.2, 0.25) is 0 Å². The number of hydrogen-bond acceptors (Lipinski definition) is 3. The van der Waals surface area contributed by atoms with Crippen LogP contribution in [0.3, 0.4) is 0 Å². The summed E-state index contributed by atoms with van der Waals surface area (Å²) in [5.74, 6) is 1.28. The number of fused-ring (bicyclic) bond motifs is 3. The molecule has 2 aliphatic heterocycles. The third-order valence-corrected chi connectivity index (χ3v) is 3.92. The Bertz CT molecular complexity index is 456. The van der Waals surface area contributed by atoms with Crippen molar-refractivity contribution >= 4 is 5.78 Å². The zero-order valence-corrected chi connectivity index (χ0v) is 10.1. The van der Waals surface area contributed by atoms with Gasteiger partial charge in [0.15, 0.2) is 0 Å². The van der Waals surface area contributed by atoms with Crippen LogP contribution in [0.15, 0.2) is 18.2 Å². The maximum absolute atomic E-state index is 11.6. The topological polar surface area (TPSA) is 29.5 Å². The number of ether oxygens (including phenoxy) is 1. The molecule has 2 heterocycles. The average Bonchev–Trinajstić information content (AvgIpc) is 2.38. The van der Waals surface area contributed by atoms with E-state index in [1.165, 1.54) is 11.1 Å². The molecule has 0 bridgehead atoms. The van der Waals surface area contributed by atoms with Gasteiger partial charge in [-0.3, -0.25) is 9.69 Å². The predicted molar refractivity (Wildman–Crippen MR) is 65.3 cm³/mol. The molecule has 1 saturated heterocycles. The molecule has 0 N–H and O–H groups in total. The smallest absolute Gasteiger partial charge is 0.136 e. The normalized spacial score (nSPS) is 24.1. The van der Waals surface area contributed by atoms with Gasteiger partial charge in [-0.2, -0.15) is 0 Å². The second-order valence-electron chi connectivity index (χ2n) is 4.86. The highest BCUT2D eigenvalue weighted by molar-refractivity contribution is 5.80. The number of hydrogen-bond donors (Lipinski definition) is 0. The van der Waals surface area contributed by atoms with E-state index in [9.17, 15) is 4.79 Å². The Morgan fingerprint density at radius 2 is 2.12 bits per heavy atom. The van der Waals surface area contributed by atoms with E-state index < -0.39 is 0 Å². The zero-order valence-electron chi connectivity index (χ0n) is 10.1. The number of rotatable bonds is 1. The van der Waals surface area contributed by atoms with Crippen LogP contribution in [0, 0.1) is 0 Å². The van der Waals surface area contributed by atoms with Crippen LogP contribution in [0.5, 0.6) is 5.75 Å². The monoisotopic (exact) mass is 231 g/mol. The van der Waals surface area contributed by atoms with Gasteiger partial charge in [0, 0.05) is 32.0 Å². The molecule has 0 radical (unpaired) electrons. The lowest BCUT2D eigenvalue weighted by Crippen LogP contribution is -2.41. The molecule has 0 amide bonds. The second-order valence-corrected chi connectivity index (χ2v) is 4.86. The fraction of sp³-hybridized carbons (Fsp3) is 0.500. The van der Waals surface area contributed by atoms with Crippen molar-refractivity contribution in [2.45, 2.75) is 25.3 Å². The Kier molecular flexibility index (Phi) is 2.63. The number of nitrogens with zero attached hydrogens (tertiary/aromatic N) is 1. The third kappa shape index (κ3) is 1.84. The molecule has 1 atom stereocenters. The molecule has 0 saturated carbocycles. The Labute approximate surface area is 101 Å². The van der Waals surface area contributed by atoms with Crippen molar-refractivity contribution in [2.24, 2.45) is 0 Å². The summed E-state index contributed by atoms with van der Waals surface area (Å²) in [5.41, 5.74) is 2.67. The lowest BCUT2D eigenvalue weighted by molar-refractivity contribution is -0.123. The van der Waals surface area contributed by atoms with Crippen LogP contribution >= 0.6 is 0 Å². The van der Waals surface area contributed by atoms with Gasteiger partial charge >= 0.3 is 0 Å². The number of carbonyl (C=O) groups is 1. The first-order valence-corrected chi connectivity index (χ1v) is 6.20. The van der Waals surface area contributed by atoms with Crippen LogP contribution in [0.4, 0.5) is 0 Å². The molecule has 3 rings (SSSR count). The van der Waals surface area contributed by atoms with Crippen LogP contribution in [0.2, 0.25) is 0 Å². The fourth-order valence-corrected chi connectivity index (χ4v) is 2.95. The van der Waals surface area contributed by atoms with Crippen LogP contribution < -0.4 is 4.74 Å². The summed E-state index contributed by atoms with van der Waals surface area (Å²) in [5, 5.41) is 0. The molecule has 1 aromatic carbocycles. The third-order valence-electron chi connectivity index (χ3n) is 3.92. The van der Waals surface area contributed by atoms with E-state index in [1.54, 1.807) is 7.11 Å². The summed E-state index contributed by atoms with van der Waals surface area (Å²) in [7, 11) is 1.69. The minimum Gasteiger partial charge on any atom is -0.497 e. The lowest BCUT2D eigenvalue weighted by Gasteiger charge is -2.40. The number of piperidine rings is 1. The zero-order chi connectivity index (χ0) is 11.8. The Balaban J connectivity index is 2.00. The van der Waals surface area contributed by atoms with E-state index in [0.29, 0.717) is 12.2 Å². The molecular formula is C14H17NO2. The summed E-state index contributed by atoms with van der Waals surface area (Å²) >= 11 is 0. The van der Waals surface area contributed by atoms with Crippen molar-refractivity contribution in [2.75, 3.05) is 20.2 Å². The SMILES string of the molecule is COc1ccc2c(c1)C1CC(=O)CCN1CC2. The summed E-state index contributed by atoms with van der Waals surface area (Å²) < 4.78 is 5.28. The highest BCUT2D eigenvalue weighted by atomic mass is 16.5. The second kappa shape index (κ2) is 4.15. The Hall–Kier alpha value is -1.35. The van der Waals surface area contributed by atoms with Crippen molar-refractivity contribution in [1.82, 2.24) is 4.90 Å². The van der Waals surface area contributed by atoms with E-state index in [-0.39, 0.29) is 6.04 Å². The minimum absolute atomic E-state index is 0.287. The average molecular weight is 231 g/mol. The summed E-state index contributed by atoms with van der Waals surface area (Å²) in [6.07, 6.45) is 2.47. The fourth-order valence-electron chi connectivity index (χ4n) is 2.95. The Morgan fingerprint density at radius 3 is 2.94 bits per heavy atom. The van der Waals surface area contributed by atoms with Gasteiger partial charge in [-0.25, -0.2) is 0 Å². The lowest BCUT2D eigenvalue weighted by atomic mass is 9.86. The van der Waals surface area contributed by atoms with Gasteiger partial charge in [-0.05, 0) is 29.7 Å². The van der Waals surface area contributed by atoms with Gasteiger partial charge in [0.1, 0.15) is 11.5 Å². The molecule has 3 nitrogen and oxygen atoms in total. The van der Waals surface area contributed by atoms with E-state index in [0.717, 1.165) is 31.7 Å². The number of methoxy groups -OCH3 is 1. The molecule has 0 aromatic heterocycles. The number of carbonyl (C=O) groups excluding carboxylic acids is 1. The predicted octanol–water partition coefficient (Wildman–Crippen LogP) is 1.96. The van der Waals surface area contributed by atoms with E-state index in [4.69, 9.17) is 4.74 Å². The van der Waals surface area contributed by atoms with E-state index in [2.05, 4.69) is 17.0 Å². The highest BCUT2D eigenvalue weighted by Crippen LogP contribution is 2.36. The van der Waals surface area contributed by atoms with Crippen molar-refractivity contribution in [3.8, 4) is 5.75 Å². The highest BCUT2D eigenvalue weighted by Gasteiger charge is 2.32. The number of ketones is 1. The van der Waals surface area contributed by atoms with E-state index >= 15 is 0 Å². The molecule has 3 heteroatoms. The maximum Gasteiger partial charge on any atom is 0.136 e.